The van der Waals surface area contributed by atoms with Crippen molar-refractivity contribution in [2.45, 2.75) is 13.3 Å². The average molecular weight is 305 g/mol. The number of carbonyl (C=O) groups is 1. The Morgan fingerprint density at radius 1 is 1.38 bits per heavy atom. The molecule has 0 amide bonds. The molecule has 0 saturated carbocycles. The van der Waals surface area contributed by atoms with Gasteiger partial charge in [0.25, 0.3) is 0 Å². The molecule has 1 aromatic heterocycles. The summed E-state index contributed by atoms with van der Waals surface area (Å²) in [7, 11) is 2.05. The fourth-order valence-electron chi connectivity index (χ4n) is 2.07. The number of hydrogen-bond acceptors (Lipinski definition) is 5. The Bertz CT molecular complexity index is 598. The summed E-state index contributed by atoms with van der Waals surface area (Å²) in [5, 5.41) is 13.0. The van der Waals surface area contributed by atoms with Gasteiger partial charge < -0.3 is 15.3 Å². The van der Waals surface area contributed by atoms with E-state index in [9.17, 15) is 4.79 Å². The number of aromatic carboxylic acids is 1. The maximum atomic E-state index is 11.1. The van der Waals surface area contributed by atoms with Crippen LogP contribution in [0.25, 0.3) is 0 Å². The number of hydrogen-bond donors (Lipinski definition) is 2. The van der Waals surface area contributed by atoms with Crippen LogP contribution in [0.1, 0.15) is 22.5 Å². The molecule has 5 nitrogen and oxygen atoms in total. The molecule has 1 aromatic carbocycles. The standard InChI is InChI=1S/C15H19N3O2S/c1-11-13(15(19)20)14(21-17-11)16-9-6-10-18(2)12-7-4-3-5-8-12/h3-5,7-8,16H,6,9-10H2,1-2H3,(H,19,20). The van der Waals surface area contributed by atoms with Gasteiger partial charge in [0, 0.05) is 25.8 Å². The van der Waals surface area contributed by atoms with Crippen LogP contribution in [0.4, 0.5) is 10.7 Å². The van der Waals surface area contributed by atoms with Crippen molar-refractivity contribution in [1.82, 2.24) is 4.37 Å². The van der Waals surface area contributed by atoms with E-state index in [1.165, 1.54) is 17.2 Å². The minimum absolute atomic E-state index is 0.288. The van der Waals surface area contributed by atoms with E-state index >= 15 is 0 Å². The second-order valence-corrected chi connectivity index (χ2v) is 5.59. The SMILES string of the molecule is Cc1nsc(NCCCN(C)c2ccccc2)c1C(=O)O. The number of aromatic nitrogens is 1. The first-order valence-corrected chi connectivity index (χ1v) is 7.56. The van der Waals surface area contributed by atoms with Crippen LogP contribution in [0.15, 0.2) is 30.3 Å². The number of nitrogens with one attached hydrogen (secondary N) is 1. The summed E-state index contributed by atoms with van der Waals surface area (Å²) < 4.78 is 4.09. The van der Waals surface area contributed by atoms with Gasteiger partial charge in [-0.25, -0.2) is 4.79 Å². The molecule has 0 bridgehead atoms. The van der Waals surface area contributed by atoms with Gasteiger partial charge in [-0.1, -0.05) is 18.2 Å². The molecule has 112 valence electrons. The van der Waals surface area contributed by atoms with Crippen molar-refractivity contribution < 1.29 is 9.90 Å². The Kier molecular flexibility index (Phi) is 5.16. The second kappa shape index (κ2) is 7.08. The van der Waals surface area contributed by atoms with E-state index in [2.05, 4.69) is 33.8 Å². The first-order chi connectivity index (χ1) is 10.1. The Hall–Kier alpha value is -2.08. The average Bonchev–Trinajstić information content (AvgIpc) is 2.85. The van der Waals surface area contributed by atoms with Crippen molar-refractivity contribution in [3.8, 4) is 0 Å². The predicted molar refractivity (Wildman–Crippen MR) is 86.6 cm³/mol. The summed E-state index contributed by atoms with van der Waals surface area (Å²) in [6, 6.07) is 10.2. The Labute approximate surface area is 128 Å². The van der Waals surface area contributed by atoms with Gasteiger partial charge in [-0.05, 0) is 37.0 Å². The first-order valence-electron chi connectivity index (χ1n) is 6.79. The molecule has 0 aliphatic rings. The lowest BCUT2D eigenvalue weighted by molar-refractivity contribution is 0.0697. The molecular formula is C15H19N3O2S. The van der Waals surface area contributed by atoms with E-state index in [1.54, 1.807) is 6.92 Å². The Morgan fingerprint density at radius 3 is 2.76 bits per heavy atom. The van der Waals surface area contributed by atoms with Crippen LogP contribution in [0, 0.1) is 6.92 Å². The summed E-state index contributed by atoms with van der Waals surface area (Å²) >= 11 is 1.20. The quantitative estimate of drug-likeness (QED) is 0.770. The van der Waals surface area contributed by atoms with Crippen LogP contribution in [-0.2, 0) is 0 Å². The highest BCUT2D eigenvalue weighted by atomic mass is 32.1. The first kappa shape index (κ1) is 15.3. The molecule has 0 saturated heterocycles. The van der Waals surface area contributed by atoms with E-state index in [4.69, 9.17) is 5.11 Å². The van der Waals surface area contributed by atoms with Crippen LogP contribution in [-0.4, -0.2) is 35.6 Å². The molecule has 1 heterocycles. The van der Waals surface area contributed by atoms with E-state index in [0.29, 0.717) is 10.7 Å². The molecule has 0 aliphatic carbocycles. The van der Waals surface area contributed by atoms with Gasteiger partial charge in [0.05, 0.1) is 5.69 Å². The molecular weight excluding hydrogens is 286 g/mol. The highest BCUT2D eigenvalue weighted by Gasteiger charge is 2.16. The third-order valence-corrected chi connectivity index (χ3v) is 4.13. The number of benzene rings is 1. The number of para-hydroxylation sites is 1. The lowest BCUT2D eigenvalue weighted by atomic mass is 10.2. The van der Waals surface area contributed by atoms with Crippen molar-refractivity contribution in [2.75, 3.05) is 30.4 Å². The molecule has 0 unspecified atom stereocenters. The zero-order valence-corrected chi connectivity index (χ0v) is 13.0. The smallest absolute Gasteiger partial charge is 0.340 e. The molecule has 2 rings (SSSR count). The van der Waals surface area contributed by atoms with Gasteiger partial charge >= 0.3 is 5.97 Å². The number of rotatable bonds is 7. The number of carboxylic acid groups (broad SMARTS) is 1. The summed E-state index contributed by atoms with van der Waals surface area (Å²) in [5.74, 6) is -0.926. The van der Waals surface area contributed by atoms with Gasteiger partial charge in [-0.2, -0.15) is 4.37 Å². The van der Waals surface area contributed by atoms with Crippen molar-refractivity contribution in [3.05, 3.63) is 41.6 Å². The maximum absolute atomic E-state index is 11.1. The van der Waals surface area contributed by atoms with Crippen LogP contribution in [0.5, 0.6) is 0 Å². The molecule has 2 aromatic rings. The highest BCUT2D eigenvalue weighted by molar-refractivity contribution is 7.10. The third kappa shape index (κ3) is 3.95. The molecule has 0 atom stereocenters. The Balaban J connectivity index is 1.82. The van der Waals surface area contributed by atoms with Crippen LogP contribution in [0.2, 0.25) is 0 Å². The number of carboxylic acids is 1. The zero-order chi connectivity index (χ0) is 15.2. The van der Waals surface area contributed by atoms with Crippen molar-refractivity contribution in [1.29, 1.82) is 0 Å². The number of anilines is 2. The topological polar surface area (TPSA) is 65.5 Å². The van der Waals surface area contributed by atoms with Crippen molar-refractivity contribution >= 4 is 28.2 Å². The van der Waals surface area contributed by atoms with Gasteiger partial charge in [0.1, 0.15) is 10.6 Å². The van der Waals surface area contributed by atoms with Crippen LogP contribution in [0.3, 0.4) is 0 Å². The van der Waals surface area contributed by atoms with E-state index in [0.717, 1.165) is 19.5 Å². The van der Waals surface area contributed by atoms with Gasteiger partial charge in [-0.3, -0.25) is 0 Å². The monoisotopic (exact) mass is 305 g/mol. The molecule has 0 radical (unpaired) electrons. The van der Waals surface area contributed by atoms with E-state index in [-0.39, 0.29) is 5.56 Å². The summed E-state index contributed by atoms with van der Waals surface area (Å²) in [6.45, 7) is 3.34. The fourth-order valence-corrected chi connectivity index (χ4v) is 2.88. The normalized spacial score (nSPS) is 10.4. The molecule has 6 heteroatoms. The predicted octanol–water partition coefficient (Wildman–Crippen LogP) is 3.09. The molecule has 0 aliphatic heterocycles. The molecule has 21 heavy (non-hydrogen) atoms. The second-order valence-electron chi connectivity index (χ2n) is 4.81. The van der Waals surface area contributed by atoms with Gasteiger partial charge in [-0.15, -0.1) is 0 Å². The minimum Gasteiger partial charge on any atom is -0.478 e. The molecule has 0 spiro atoms. The van der Waals surface area contributed by atoms with Gasteiger partial charge in [0.15, 0.2) is 0 Å². The fraction of sp³-hybridized carbons (Fsp3) is 0.333. The molecule has 0 fully saturated rings. The molecule has 2 N–H and O–H groups in total. The highest BCUT2D eigenvalue weighted by Crippen LogP contribution is 2.24. The number of aryl methyl sites for hydroxylation is 1. The van der Waals surface area contributed by atoms with Crippen molar-refractivity contribution in [3.63, 3.8) is 0 Å². The van der Waals surface area contributed by atoms with E-state index in [1.807, 2.05) is 18.2 Å². The summed E-state index contributed by atoms with van der Waals surface area (Å²) in [6.07, 6.45) is 0.918. The zero-order valence-electron chi connectivity index (χ0n) is 12.2. The van der Waals surface area contributed by atoms with Gasteiger partial charge in [0.2, 0.25) is 0 Å². The maximum Gasteiger partial charge on any atom is 0.340 e. The minimum atomic E-state index is -0.926. The summed E-state index contributed by atoms with van der Waals surface area (Å²) in [4.78, 5) is 13.3. The van der Waals surface area contributed by atoms with Crippen LogP contribution < -0.4 is 10.2 Å². The largest absolute Gasteiger partial charge is 0.478 e. The summed E-state index contributed by atoms with van der Waals surface area (Å²) in [5.41, 5.74) is 2.03. The lowest BCUT2D eigenvalue weighted by Crippen LogP contribution is -2.20. The third-order valence-electron chi connectivity index (χ3n) is 3.23. The lowest BCUT2D eigenvalue weighted by Gasteiger charge is -2.19. The van der Waals surface area contributed by atoms with Crippen LogP contribution >= 0.6 is 11.5 Å². The number of nitrogens with zero attached hydrogens (tertiary/aromatic N) is 2. The Morgan fingerprint density at radius 2 is 2.10 bits per heavy atom. The van der Waals surface area contributed by atoms with E-state index < -0.39 is 5.97 Å². The van der Waals surface area contributed by atoms with Crippen molar-refractivity contribution in [2.24, 2.45) is 0 Å².